The maximum absolute atomic E-state index is 12.4. The molecule has 1 saturated heterocycles. The minimum Gasteiger partial charge on any atom is -0.434 e. The van der Waals surface area contributed by atoms with E-state index < -0.39 is 6.61 Å². The van der Waals surface area contributed by atoms with Crippen LogP contribution in [0.25, 0.3) is 0 Å². The zero-order valence-electron chi connectivity index (χ0n) is 12.7. The summed E-state index contributed by atoms with van der Waals surface area (Å²) in [5, 5.41) is 3.45. The second kappa shape index (κ2) is 7.71. The molecule has 1 N–H and O–H groups in total. The fourth-order valence-corrected chi connectivity index (χ4v) is 2.76. The van der Waals surface area contributed by atoms with Crippen molar-refractivity contribution < 1.29 is 13.5 Å². The molecule has 0 spiro atoms. The Kier molecular flexibility index (Phi) is 5.94. The largest absolute Gasteiger partial charge is 0.434 e. The van der Waals surface area contributed by atoms with Crippen molar-refractivity contribution in [1.82, 2.24) is 10.2 Å². The maximum atomic E-state index is 12.4. The Morgan fingerprint density at radius 2 is 1.95 bits per heavy atom. The standard InChI is InChI=1S/C16H24F2N2O/c1-12(19-11-13-7-9-20(2)10-8-13)14-5-3-4-6-15(14)21-16(17)18/h3-6,12-13,16,19H,7-11H2,1-2H3. The molecule has 2 rings (SSSR count). The average molecular weight is 298 g/mol. The molecule has 5 heteroatoms. The molecule has 0 aromatic heterocycles. The van der Waals surface area contributed by atoms with Crippen LogP contribution in [0.3, 0.4) is 0 Å². The number of nitrogens with zero attached hydrogens (tertiary/aromatic N) is 1. The molecule has 1 aromatic carbocycles. The van der Waals surface area contributed by atoms with Gasteiger partial charge in [-0.05, 0) is 58.4 Å². The lowest BCUT2D eigenvalue weighted by molar-refractivity contribution is -0.0506. The van der Waals surface area contributed by atoms with Crippen molar-refractivity contribution in [3.63, 3.8) is 0 Å². The normalized spacial score (nSPS) is 18.9. The number of nitrogens with one attached hydrogen (secondary N) is 1. The Labute approximate surface area is 125 Å². The number of para-hydroxylation sites is 1. The Balaban J connectivity index is 1.89. The first-order valence-electron chi connectivity index (χ1n) is 7.52. The van der Waals surface area contributed by atoms with Crippen LogP contribution >= 0.6 is 0 Å². The van der Waals surface area contributed by atoms with Crippen molar-refractivity contribution in [2.45, 2.75) is 32.4 Å². The Bertz CT molecular complexity index is 434. The quantitative estimate of drug-likeness (QED) is 0.872. The first-order valence-corrected chi connectivity index (χ1v) is 7.52. The highest BCUT2D eigenvalue weighted by Gasteiger charge is 2.19. The number of ether oxygens (including phenoxy) is 1. The molecule has 21 heavy (non-hydrogen) atoms. The topological polar surface area (TPSA) is 24.5 Å². The third-order valence-corrected chi connectivity index (χ3v) is 4.15. The lowest BCUT2D eigenvalue weighted by Crippen LogP contribution is -2.35. The summed E-state index contributed by atoms with van der Waals surface area (Å²) >= 11 is 0. The van der Waals surface area contributed by atoms with E-state index in [9.17, 15) is 8.78 Å². The second-order valence-electron chi connectivity index (χ2n) is 5.79. The van der Waals surface area contributed by atoms with E-state index in [1.165, 1.54) is 12.8 Å². The number of benzene rings is 1. The molecule has 1 aliphatic rings. The summed E-state index contributed by atoms with van der Waals surface area (Å²) in [6.45, 7) is 2.38. The third kappa shape index (κ3) is 4.93. The summed E-state index contributed by atoms with van der Waals surface area (Å²) in [5.74, 6) is 0.919. The van der Waals surface area contributed by atoms with Crippen molar-refractivity contribution in [1.29, 1.82) is 0 Å². The molecule has 1 heterocycles. The van der Waals surface area contributed by atoms with E-state index in [1.54, 1.807) is 12.1 Å². The third-order valence-electron chi connectivity index (χ3n) is 4.15. The lowest BCUT2D eigenvalue weighted by Gasteiger charge is -2.30. The zero-order chi connectivity index (χ0) is 15.2. The second-order valence-corrected chi connectivity index (χ2v) is 5.79. The van der Waals surface area contributed by atoms with Gasteiger partial charge in [0.25, 0.3) is 0 Å². The molecule has 3 nitrogen and oxygen atoms in total. The zero-order valence-corrected chi connectivity index (χ0v) is 12.7. The van der Waals surface area contributed by atoms with Gasteiger partial charge in [-0.2, -0.15) is 8.78 Å². The van der Waals surface area contributed by atoms with Crippen molar-refractivity contribution in [3.8, 4) is 5.75 Å². The monoisotopic (exact) mass is 298 g/mol. The first kappa shape index (κ1) is 16.2. The van der Waals surface area contributed by atoms with Crippen LogP contribution in [0.1, 0.15) is 31.4 Å². The number of piperidine rings is 1. The summed E-state index contributed by atoms with van der Waals surface area (Å²) in [6, 6.07) is 6.99. The van der Waals surface area contributed by atoms with E-state index in [0.29, 0.717) is 5.92 Å². The van der Waals surface area contributed by atoms with Crippen LogP contribution in [-0.2, 0) is 0 Å². The van der Waals surface area contributed by atoms with Gasteiger partial charge in [-0.15, -0.1) is 0 Å². The van der Waals surface area contributed by atoms with Crippen LogP contribution in [-0.4, -0.2) is 38.2 Å². The summed E-state index contributed by atoms with van der Waals surface area (Å²) in [7, 11) is 2.14. The molecule has 1 atom stereocenters. The van der Waals surface area contributed by atoms with Gasteiger partial charge in [-0.3, -0.25) is 0 Å². The highest BCUT2D eigenvalue weighted by atomic mass is 19.3. The average Bonchev–Trinajstić information content (AvgIpc) is 2.46. The van der Waals surface area contributed by atoms with E-state index in [4.69, 9.17) is 0 Å². The van der Waals surface area contributed by atoms with E-state index in [-0.39, 0.29) is 11.8 Å². The highest BCUT2D eigenvalue weighted by Crippen LogP contribution is 2.26. The molecule has 0 bridgehead atoms. The van der Waals surface area contributed by atoms with Gasteiger partial charge in [0, 0.05) is 11.6 Å². The number of hydrogen-bond acceptors (Lipinski definition) is 3. The van der Waals surface area contributed by atoms with Gasteiger partial charge in [0.05, 0.1) is 0 Å². The fraction of sp³-hybridized carbons (Fsp3) is 0.625. The van der Waals surface area contributed by atoms with E-state index in [0.717, 1.165) is 25.2 Å². The van der Waals surface area contributed by atoms with Gasteiger partial charge < -0.3 is 15.0 Å². The molecule has 1 aromatic rings. The fourth-order valence-electron chi connectivity index (χ4n) is 2.76. The van der Waals surface area contributed by atoms with E-state index >= 15 is 0 Å². The summed E-state index contributed by atoms with van der Waals surface area (Å²) in [5.41, 5.74) is 0.783. The van der Waals surface area contributed by atoms with Gasteiger partial charge >= 0.3 is 6.61 Å². The molecule has 0 amide bonds. The van der Waals surface area contributed by atoms with Crippen molar-refractivity contribution in [3.05, 3.63) is 29.8 Å². The van der Waals surface area contributed by atoms with Crippen molar-refractivity contribution >= 4 is 0 Å². The molecule has 118 valence electrons. The van der Waals surface area contributed by atoms with E-state index in [1.807, 2.05) is 19.1 Å². The summed E-state index contributed by atoms with van der Waals surface area (Å²) in [4.78, 5) is 2.34. The van der Waals surface area contributed by atoms with Gasteiger partial charge in [-0.25, -0.2) is 0 Å². The molecular formula is C16H24F2N2O. The summed E-state index contributed by atoms with van der Waals surface area (Å²) in [6.07, 6.45) is 2.37. The number of alkyl halides is 2. The van der Waals surface area contributed by atoms with Crippen LogP contribution in [0, 0.1) is 5.92 Å². The Morgan fingerprint density at radius 3 is 2.62 bits per heavy atom. The molecule has 0 aliphatic carbocycles. The van der Waals surface area contributed by atoms with Gasteiger partial charge in [0.1, 0.15) is 5.75 Å². The van der Waals surface area contributed by atoms with Crippen LogP contribution in [0.4, 0.5) is 8.78 Å². The highest BCUT2D eigenvalue weighted by molar-refractivity contribution is 5.35. The van der Waals surface area contributed by atoms with Gasteiger partial charge in [0.15, 0.2) is 0 Å². The van der Waals surface area contributed by atoms with Gasteiger partial charge in [-0.1, -0.05) is 18.2 Å². The predicted octanol–water partition coefficient (Wildman–Crippen LogP) is 3.28. The smallest absolute Gasteiger partial charge is 0.387 e. The SMILES string of the molecule is CC(NCC1CCN(C)CC1)c1ccccc1OC(F)F. The Hall–Kier alpha value is -1.20. The molecule has 1 fully saturated rings. The van der Waals surface area contributed by atoms with Crippen LogP contribution in [0.5, 0.6) is 5.75 Å². The number of hydrogen-bond donors (Lipinski definition) is 1. The number of rotatable bonds is 6. The van der Waals surface area contributed by atoms with Crippen LogP contribution < -0.4 is 10.1 Å². The molecular weight excluding hydrogens is 274 g/mol. The maximum Gasteiger partial charge on any atom is 0.387 e. The molecule has 1 aliphatic heterocycles. The summed E-state index contributed by atoms with van der Waals surface area (Å²) < 4.78 is 29.5. The predicted molar refractivity (Wildman–Crippen MR) is 79.7 cm³/mol. The Morgan fingerprint density at radius 1 is 1.29 bits per heavy atom. The molecule has 1 unspecified atom stereocenters. The van der Waals surface area contributed by atoms with Gasteiger partial charge in [0.2, 0.25) is 0 Å². The van der Waals surface area contributed by atoms with Crippen LogP contribution in [0.15, 0.2) is 24.3 Å². The van der Waals surface area contributed by atoms with E-state index in [2.05, 4.69) is 22.0 Å². The number of halogens is 2. The van der Waals surface area contributed by atoms with Crippen molar-refractivity contribution in [2.75, 3.05) is 26.7 Å². The minimum atomic E-state index is -2.78. The minimum absolute atomic E-state index is 0.000365. The van der Waals surface area contributed by atoms with Crippen LogP contribution in [0.2, 0.25) is 0 Å². The molecule has 0 saturated carbocycles. The lowest BCUT2D eigenvalue weighted by atomic mass is 9.96. The molecule has 0 radical (unpaired) electrons. The number of likely N-dealkylation sites (tertiary alicyclic amines) is 1. The van der Waals surface area contributed by atoms with Crippen molar-refractivity contribution in [2.24, 2.45) is 5.92 Å². The first-order chi connectivity index (χ1) is 10.1.